The quantitative estimate of drug-likeness (QED) is 0.111. The highest BCUT2D eigenvalue weighted by molar-refractivity contribution is 6.08. The maximum Gasteiger partial charge on any atom is 0.280 e. The van der Waals surface area contributed by atoms with Crippen molar-refractivity contribution in [2.75, 3.05) is 11.9 Å². The van der Waals surface area contributed by atoms with Gasteiger partial charge in [-0.3, -0.25) is 14.9 Å². The SMILES string of the molecule is CCOc1ccc(Oc2cc(Oc3ccc(NC(=O)c4cnn5c(C(F)F)cc(-c6ccccc6)nc45)cc3)cc([N+](=O)[O-])c2)cc1. The van der Waals surface area contributed by atoms with Crippen LogP contribution >= 0.6 is 0 Å². The monoisotopic (exact) mass is 637 g/mol. The molecular formula is C34H25F2N5O6. The molecular weight excluding hydrogens is 612 g/mol. The van der Waals surface area contributed by atoms with Crippen LogP contribution in [0.2, 0.25) is 0 Å². The van der Waals surface area contributed by atoms with Gasteiger partial charge in [-0.2, -0.15) is 5.10 Å². The Morgan fingerprint density at radius 1 is 0.872 bits per heavy atom. The number of ether oxygens (including phenoxy) is 3. The van der Waals surface area contributed by atoms with E-state index in [9.17, 15) is 23.7 Å². The van der Waals surface area contributed by atoms with Crippen LogP contribution in [0.1, 0.15) is 29.4 Å². The first-order valence-electron chi connectivity index (χ1n) is 14.3. The van der Waals surface area contributed by atoms with Gasteiger partial charge in [0.25, 0.3) is 18.0 Å². The highest BCUT2D eigenvalue weighted by Gasteiger charge is 2.22. The summed E-state index contributed by atoms with van der Waals surface area (Å²) in [4.78, 5) is 28.7. The summed E-state index contributed by atoms with van der Waals surface area (Å²) in [5.74, 6) is 1.16. The third-order valence-corrected chi connectivity index (χ3v) is 6.83. The molecule has 11 nitrogen and oxygen atoms in total. The van der Waals surface area contributed by atoms with Crippen LogP contribution in [-0.4, -0.2) is 32.0 Å². The fourth-order valence-corrected chi connectivity index (χ4v) is 4.69. The number of anilines is 1. The molecule has 6 aromatic rings. The van der Waals surface area contributed by atoms with E-state index in [-0.39, 0.29) is 34.1 Å². The Hall–Kier alpha value is -6.37. The standard InChI is InChI=1S/C34H25F2N5O6/c1-2-45-24-12-14-26(15-13-24)47-28-17-23(41(43)44)16-27(18-28)46-25-10-8-22(9-11-25)38-34(42)29-20-37-40-31(32(35)36)19-30(39-33(29)40)21-6-4-3-5-7-21/h3-20,32H,2H2,1H3,(H,38,42). The molecule has 236 valence electrons. The number of amides is 1. The number of halogens is 2. The molecule has 0 atom stereocenters. The zero-order valence-corrected chi connectivity index (χ0v) is 24.7. The van der Waals surface area contributed by atoms with Gasteiger partial charge < -0.3 is 19.5 Å². The van der Waals surface area contributed by atoms with E-state index >= 15 is 0 Å². The molecule has 0 saturated heterocycles. The van der Waals surface area contributed by atoms with Crippen molar-refractivity contribution in [3.63, 3.8) is 0 Å². The fourth-order valence-electron chi connectivity index (χ4n) is 4.69. The molecule has 13 heteroatoms. The third-order valence-electron chi connectivity index (χ3n) is 6.83. The molecule has 2 aromatic heterocycles. The fraction of sp³-hybridized carbons (Fsp3) is 0.0882. The van der Waals surface area contributed by atoms with Crippen LogP contribution in [0, 0.1) is 10.1 Å². The topological polar surface area (TPSA) is 130 Å². The van der Waals surface area contributed by atoms with Gasteiger partial charge >= 0.3 is 0 Å². The van der Waals surface area contributed by atoms with Gasteiger partial charge in [0.15, 0.2) is 5.65 Å². The Kier molecular flexibility index (Phi) is 8.69. The first-order chi connectivity index (χ1) is 22.8. The van der Waals surface area contributed by atoms with Gasteiger partial charge in [0.2, 0.25) is 0 Å². The normalized spacial score (nSPS) is 11.0. The van der Waals surface area contributed by atoms with Crippen molar-refractivity contribution in [2.24, 2.45) is 0 Å². The average molecular weight is 638 g/mol. The van der Waals surface area contributed by atoms with E-state index in [2.05, 4.69) is 15.4 Å². The second-order valence-electron chi connectivity index (χ2n) is 10.0. The number of rotatable bonds is 11. The lowest BCUT2D eigenvalue weighted by Crippen LogP contribution is -2.12. The van der Waals surface area contributed by atoms with E-state index in [0.717, 1.165) is 4.52 Å². The highest BCUT2D eigenvalue weighted by atomic mass is 19.3. The summed E-state index contributed by atoms with van der Waals surface area (Å²) < 4.78 is 45.9. The van der Waals surface area contributed by atoms with Crippen molar-refractivity contribution in [1.82, 2.24) is 14.6 Å². The predicted octanol–water partition coefficient (Wildman–Crippen LogP) is 8.48. The number of nitro groups is 1. The zero-order chi connectivity index (χ0) is 32.9. The number of nitrogens with zero attached hydrogens (tertiary/aromatic N) is 4. The summed E-state index contributed by atoms with van der Waals surface area (Å²) >= 11 is 0. The number of fused-ring (bicyclic) bond motifs is 1. The molecule has 0 aliphatic rings. The van der Waals surface area contributed by atoms with E-state index in [0.29, 0.717) is 35.1 Å². The van der Waals surface area contributed by atoms with Gasteiger partial charge in [-0.1, -0.05) is 30.3 Å². The Bertz CT molecular complexity index is 2050. The van der Waals surface area contributed by atoms with Crippen molar-refractivity contribution < 1.29 is 32.7 Å². The Morgan fingerprint density at radius 3 is 2.09 bits per heavy atom. The van der Waals surface area contributed by atoms with Gasteiger partial charge in [0, 0.05) is 17.3 Å². The molecule has 6 rings (SSSR count). The summed E-state index contributed by atoms with van der Waals surface area (Å²) in [6.45, 7) is 2.38. The maximum atomic E-state index is 13.9. The van der Waals surface area contributed by atoms with Crippen LogP contribution in [0.4, 0.5) is 20.2 Å². The minimum absolute atomic E-state index is 0.00154. The van der Waals surface area contributed by atoms with Crippen LogP contribution in [0.25, 0.3) is 16.9 Å². The number of nitrogens with one attached hydrogen (secondary N) is 1. The van der Waals surface area contributed by atoms with Crippen molar-refractivity contribution in [3.05, 3.63) is 131 Å². The summed E-state index contributed by atoms with van der Waals surface area (Å²) in [5.41, 5.74) is 0.601. The second-order valence-corrected chi connectivity index (χ2v) is 10.0. The van der Waals surface area contributed by atoms with Gasteiger partial charge in [-0.05, 0) is 61.5 Å². The van der Waals surface area contributed by atoms with Crippen LogP contribution in [0.5, 0.6) is 28.7 Å². The molecule has 0 fully saturated rings. The maximum absolute atomic E-state index is 13.9. The van der Waals surface area contributed by atoms with Crippen LogP contribution < -0.4 is 19.5 Å². The van der Waals surface area contributed by atoms with Gasteiger partial charge in [-0.25, -0.2) is 18.3 Å². The highest BCUT2D eigenvalue weighted by Crippen LogP contribution is 2.34. The van der Waals surface area contributed by atoms with E-state index in [1.165, 1.54) is 30.5 Å². The molecule has 47 heavy (non-hydrogen) atoms. The molecule has 4 aromatic carbocycles. The van der Waals surface area contributed by atoms with Crippen molar-refractivity contribution in [1.29, 1.82) is 0 Å². The van der Waals surface area contributed by atoms with E-state index < -0.39 is 22.9 Å². The molecule has 1 N–H and O–H groups in total. The largest absolute Gasteiger partial charge is 0.494 e. The van der Waals surface area contributed by atoms with E-state index in [1.54, 1.807) is 78.9 Å². The molecule has 0 spiro atoms. The molecule has 0 radical (unpaired) electrons. The number of aromatic nitrogens is 3. The lowest BCUT2D eigenvalue weighted by Gasteiger charge is -2.11. The molecule has 0 unspecified atom stereocenters. The lowest BCUT2D eigenvalue weighted by atomic mass is 10.1. The van der Waals surface area contributed by atoms with E-state index in [4.69, 9.17) is 14.2 Å². The summed E-state index contributed by atoms with van der Waals surface area (Å²) in [7, 11) is 0. The summed E-state index contributed by atoms with van der Waals surface area (Å²) in [6, 6.07) is 27.1. The summed E-state index contributed by atoms with van der Waals surface area (Å²) in [5, 5.41) is 18.3. The first-order valence-corrected chi connectivity index (χ1v) is 14.3. The molecule has 0 saturated carbocycles. The summed E-state index contributed by atoms with van der Waals surface area (Å²) in [6.07, 6.45) is -1.67. The van der Waals surface area contributed by atoms with Crippen molar-refractivity contribution in [3.8, 4) is 40.0 Å². The van der Waals surface area contributed by atoms with Gasteiger partial charge in [0.1, 0.15) is 40.0 Å². The number of carbonyl (C=O) groups is 1. The van der Waals surface area contributed by atoms with Gasteiger partial charge in [-0.15, -0.1) is 0 Å². The zero-order valence-electron chi connectivity index (χ0n) is 24.7. The Morgan fingerprint density at radius 2 is 1.49 bits per heavy atom. The number of hydrogen-bond donors (Lipinski definition) is 1. The number of carbonyl (C=O) groups excluding carboxylic acids is 1. The average Bonchev–Trinajstić information content (AvgIpc) is 3.51. The predicted molar refractivity (Wildman–Crippen MR) is 169 cm³/mol. The van der Waals surface area contributed by atoms with Crippen LogP contribution in [-0.2, 0) is 0 Å². The van der Waals surface area contributed by atoms with Crippen LogP contribution in [0.15, 0.2) is 109 Å². The third kappa shape index (κ3) is 6.99. The minimum Gasteiger partial charge on any atom is -0.494 e. The number of nitro benzene ring substituents is 1. The smallest absolute Gasteiger partial charge is 0.280 e. The van der Waals surface area contributed by atoms with Crippen LogP contribution in [0.3, 0.4) is 0 Å². The first kappa shape index (κ1) is 30.6. The molecule has 0 aliphatic carbocycles. The molecule has 2 heterocycles. The van der Waals surface area contributed by atoms with E-state index in [1.807, 2.05) is 6.92 Å². The number of benzene rings is 4. The number of alkyl halides is 2. The molecule has 0 bridgehead atoms. The minimum atomic E-state index is -2.85. The molecule has 1 amide bonds. The lowest BCUT2D eigenvalue weighted by molar-refractivity contribution is -0.385. The Labute approximate surface area is 266 Å². The second kappa shape index (κ2) is 13.3. The van der Waals surface area contributed by atoms with Crippen molar-refractivity contribution >= 4 is 22.9 Å². The van der Waals surface area contributed by atoms with Crippen molar-refractivity contribution in [2.45, 2.75) is 13.3 Å². The molecule has 0 aliphatic heterocycles. The van der Waals surface area contributed by atoms with Gasteiger partial charge in [0.05, 0.1) is 35.6 Å². The number of non-ortho nitro benzene ring substituents is 1. The Balaban J connectivity index is 1.19. The number of hydrogen-bond acceptors (Lipinski definition) is 8.